The van der Waals surface area contributed by atoms with Crippen LogP contribution in [0.15, 0.2) is 36.4 Å². The lowest BCUT2D eigenvalue weighted by molar-refractivity contribution is -0.276. The Morgan fingerprint density at radius 2 is 1.32 bits per heavy atom. The van der Waals surface area contributed by atoms with E-state index in [1.54, 1.807) is 0 Å². The highest BCUT2D eigenvalue weighted by atomic mass is 19.4. The van der Waals surface area contributed by atoms with Gasteiger partial charge in [-0.2, -0.15) is 13.2 Å². The van der Waals surface area contributed by atoms with E-state index in [1.165, 1.54) is 24.3 Å². The molecule has 0 atom stereocenters. The van der Waals surface area contributed by atoms with Crippen molar-refractivity contribution in [3.05, 3.63) is 42.0 Å². The Morgan fingerprint density at radius 3 is 1.79 bits per heavy atom. The Labute approximate surface area is 103 Å². The monoisotopic (exact) mass is 280 g/mol. The molecule has 2 aromatic carbocycles. The highest BCUT2D eigenvalue weighted by Gasteiger charge is 2.39. The molecule has 0 unspecified atom stereocenters. The second-order valence-corrected chi connectivity index (χ2v) is 3.74. The van der Waals surface area contributed by atoms with E-state index < -0.39 is 23.9 Å². The van der Waals surface area contributed by atoms with Gasteiger partial charge in [-0.3, -0.25) is 0 Å². The molecule has 0 fully saturated rings. The van der Waals surface area contributed by atoms with E-state index in [-0.39, 0.29) is 10.8 Å². The van der Waals surface area contributed by atoms with Gasteiger partial charge in [-0.25, -0.2) is 0 Å². The number of ether oxygens (including phenoxy) is 1. The first-order chi connectivity index (χ1) is 8.67. The Balaban J connectivity index is 2.64. The van der Waals surface area contributed by atoms with Crippen LogP contribution >= 0.6 is 0 Å². The summed E-state index contributed by atoms with van der Waals surface area (Å²) in [4.78, 5) is 0. The highest BCUT2D eigenvalue weighted by molar-refractivity contribution is 5.85. The third-order valence-electron chi connectivity index (χ3n) is 2.38. The maximum Gasteiger partial charge on any atom is 0.573 e. The fraction of sp³-hybridized carbons (Fsp3) is 0.167. The molecule has 0 saturated heterocycles. The lowest BCUT2D eigenvalue weighted by Gasteiger charge is -2.16. The van der Waals surface area contributed by atoms with Gasteiger partial charge < -0.3 is 4.74 Å². The molecule has 0 heterocycles. The summed E-state index contributed by atoms with van der Waals surface area (Å²) in [5.74, 6) is -1.25. The van der Waals surface area contributed by atoms with Gasteiger partial charge in [0.15, 0.2) is 0 Å². The van der Waals surface area contributed by atoms with Crippen LogP contribution in [-0.4, -0.2) is 6.36 Å². The Bertz CT molecular complexity index is 599. The van der Waals surface area contributed by atoms with Crippen molar-refractivity contribution in [3.63, 3.8) is 0 Å². The van der Waals surface area contributed by atoms with Crippen LogP contribution in [0.3, 0.4) is 0 Å². The van der Waals surface area contributed by atoms with Crippen LogP contribution in [-0.2, 0) is 6.18 Å². The first-order valence-electron chi connectivity index (χ1n) is 5.02. The zero-order valence-electron chi connectivity index (χ0n) is 9.14. The van der Waals surface area contributed by atoms with E-state index in [4.69, 9.17) is 0 Å². The third-order valence-corrected chi connectivity index (χ3v) is 2.38. The van der Waals surface area contributed by atoms with Crippen molar-refractivity contribution in [1.82, 2.24) is 0 Å². The largest absolute Gasteiger partial charge is 0.573 e. The second kappa shape index (κ2) is 4.32. The minimum absolute atomic E-state index is 0.185. The summed E-state index contributed by atoms with van der Waals surface area (Å²) in [7, 11) is 0. The molecule has 0 N–H and O–H groups in total. The van der Waals surface area contributed by atoms with Crippen molar-refractivity contribution in [2.75, 3.05) is 0 Å². The minimum atomic E-state index is -5.18. The SMILES string of the molecule is FC(F)(F)Oc1cc2ccccc2cc1C(F)(F)F. The van der Waals surface area contributed by atoms with Gasteiger partial charge >= 0.3 is 12.5 Å². The number of rotatable bonds is 1. The first kappa shape index (κ1) is 13.5. The lowest BCUT2D eigenvalue weighted by atomic mass is 10.1. The van der Waals surface area contributed by atoms with Crippen LogP contribution in [0.5, 0.6) is 5.75 Å². The molecule has 19 heavy (non-hydrogen) atoms. The molecule has 0 amide bonds. The normalized spacial score (nSPS) is 12.7. The van der Waals surface area contributed by atoms with Gasteiger partial charge in [0.2, 0.25) is 0 Å². The zero-order valence-corrected chi connectivity index (χ0v) is 9.14. The van der Waals surface area contributed by atoms with Crippen LogP contribution in [0.2, 0.25) is 0 Å². The van der Waals surface area contributed by atoms with E-state index in [0.29, 0.717) is 6.07 Å². The molecule has 1 nitrogen and oxygen atoms in total. The summed E-state index contributed by atoms with van der Waals surface area (Å²) in [6.45, 7) is 0. The van der Waals surface area contributed by atoms with Gasteiger partial charge in [-0.1, -0.05) is 24.3 Å². The minimum Gasteiger partial charge on any atom is -0.405 e. The van der Waals surface area contributed by atoms with Crippen molar-refractivity contribution < 1.29 is 31.1 Å². The van der Waals surface area contributed by atoms with Crippen LogP contribution < -0.4 is 4.74 Å². The van der Waals surface area contributed by atoms with Crippen LogP contribution in [0.25, 0.3) is 10.8 Å². The second-order valence-electron chi connectivity index (χ2n) is 3.74. The van der Waals surface area contributed by atoms with Crippen LogP contribution in [0.4, 0.5) is 26.3 Å². The Kier molecular flexibility index (Phi) is 3.07. The van der Waals surface area contributed by atoms with Crippen LogP contribution in [0.1, 0.15) is 5.56 Å². The Hall–Kier alpha value is -1.92. The van der Waals surface area contributed by atoms with Crippen LogP contribution in [0, 0.1) is 0 Å². The van der Waals surface area contributed by atoms with Crippen molar-refractivity contribution in [3.8, 4) is 5.75 Å². The van der Waals surface area contributed by atoms with Gasteiger partial charge in [0.05, 0.1) is 5.56 Å². The molecule has 0 aliphatic rings. The van der Waals surface area contributed by atoms with E-state index in [9.17, 15) is 26.3 Å². The molecule has 0 radical (unpaired) electrons. The summed E-state index contributed by atoms with van der Waals surface area (Å²) in [5.41, 5.74) is -1.46. The number of hydrogen-bond donors (Lipinski definition) is 0. The number of alkyl halides is 6. The quantitative estimate of drug-likeness (QED) is 0.684. The summed E-state index contributed by atoms with van der Waals surface area (Å²) in [6, 6.07) is 7.14. The predicted octanol–water partition coefficient (Wildman–Crippen LogP) is 4.76. The third kappa shape index (κ3) is 3.10. The van der Waals surface area contributed by atoms with E-state index in [2.05, 4.69) is 4.74 Å². The van der Waals surface area contributed by atoms with Gasteiger partial charge in [0.25, 0.3) is 0 Å². The molecule has 2 rings (SSSR count). The molecule has 0 bridgehead atoms. The van der Waals surface area contributed by atoms with Crippen molar-refractivity contribution in [1.29, 1.82) is 0 Å². The van der Waals surface area contributed by atoms with Gasteiger partial charge in [-0.15, -0.1) is 13.2 Å². The first-order valence-corrected chi connectivity index (χ1v) is 5.02. The standard InChI is InChI=1S/C12H6F6O/c13-11(14,15)9-5-7-3-1-2-4-8(7)6-10(9)19-12(16,17)18/h1-6H. The molecule has 0 aliphatic heterocycles. The van der Waals surface area contributed by atoms with E-state index >= 15 is 0 Å². The summed E-state index contributed by atoms with van der Waals surface area (Å²) < 4.78 is 77.9. The molecule has 7 heteroatoms. The lowest BCUT2D eigenvalue weighted by Crippen LogP contribution is -2.20. The molecule has 0 aromatic heterocycles. The maximum absolute atomic E-state index is 12.7. The molecule has 0 aliphatic carbocycles. The number of hydrogen-bond acceptors (Lipinski definition) is 1. The summed E-state index contributed by atoms with van der Waals surface area (Å²) >= 11 is 0. The fourth-order valence-corrected chi connectivity index (χ4v) is 1.65. The number of benzene rings is 2. The van der Waals surface area contributed by atoms with Crippen molar-refractivity contribution in [2.24, 2.45) is 0 Å². The fourth-order valence-electron chi connectivity index (χ4n) is 1.65. The number of halogens is 6. The van der Waals surface area contributed by atoms with Gasteiger partial charge in [0, 0.05) is 0 Å². The predicted molar refractivity (Wildman–Crippen MR) is 55.6 cm³/mol. The maximum atomic E-state index is 12.7. The van der Waals surface area contributed by atoms with Gasteiger partial charge in [0.1, 0.15) is 5.75 Å². The zero-order chi connectivity index (χ0) is 14.3. The van der Waals surface area contributed by atoms with Crippen molar-refractivity contribution in [2.45, 2.75) is 12.5 Å². The molecule has 0 spiro atoms. The summed E-state index contributed by atoms with van der Waals surface area (Å²) in [6.07, 6.45) is -10.1. The molecular weight excluding hydrogens is 274 g/mol. The van der Waals surface area contributed by atoms with E-state index in [1.807, 2.05) is 0 Å². The van der Waals surface area contributed by atoms with Gasteiger partial charge in [-0.05, 0) is 22.9 Å². The smallest absolute Gasteiger partial charge is 0.405 e. The number of fused-ring (bicyclic) bond motifs is 1. The average molecular weight is 280 g/mol. The highest BCUT2D eigenvalue weighted by Crippen LogP contribution is 2.40. The van der Waals surface area contributed by atoms with Crippen molar-refractivity contribution >= 4 is 10.8 Å². The molecule has 0 saturated carbocycles. The average Bonchev–Trinajstić information content (AvgIpc) is 2.24. The summed E-state index contributed by atoms with van der Waals surface area (Å²) in [5, 5.41) is 0.416. The topological polar surface area (TPSA) is 9.23 Å². The van der Waals surface area contributed by atoms with E-state index in [0.717, 1.165) is 6.07 Å². The Morgan fingerprint density at radius 1 is 0.789 bits per heavy atom. The molecular formula is C12H6F6O. The molecule has 102 valence electrons. The molecule has 2 aromatic rings.